The van der Waals surface area contributed by atoms with Crippen LogP contribution in [0.5, 0.6) is 5.75 Å². The minimum Gasteiger partial charge on any atom is -0.545 e. The number of hydrogen-bond donors (Lipinski definition) is 0. The third kappa shape index (κ3) is 3.64. The van der Waals surface area contributed by atoms with E-state index in [1.54, 1.807) is 0 Å². The van der Waals surface area contributed by atoms with E-state index in [1.165, 1.54) is 0 Å². The highest BCUT2D eigenvalue weighted by atomic mass is 16.7. The van der Waals surface area contributed by atoms with Crippen molar-refractivity contribution in [3.8, 4) is 5.75 Å². The Kier molecular flexibility index (Phi) is 5.06. The summed E-state index contributed by atoms with van der Waals surface area (Å²) in [6.07, 6.45) is 2.16. The molecule has 0 saturated heterocycles. The number of rotatable bonds is 5. The number of carbonyl (C=O) groups is 2. The van der Waals surface area contributed by atoms with Gasteiger partial charge in [0.05, 0.1) is 10.9 Å². The van der Waals surface area contributed by atoms with Crippen LogP contribution in [0.2, 0.25) is 0 Å². The van der Waals surface area contributed by atoms with Crippen LogP contribution in [0.25, 0.3) is 0 Å². The monoisotopic (exact) mass is 336 g/mol. The fourth-order valence-electron chi connectivity index (χ4n) is 2.92. The number of aromatic carboxylic acids is 1. The second-order valence-corrected chi connectivity index (χ2v) is 6.11. The van der Waals surface area contributed by atoms with Gasteiger partial charge < -0.3 is 19.4 Å². The summed E-state index contributed by atoms with van der Waals surface area (Å²) in [5, 5.41) is 21.9. The van der Waals surface area contributed by atoms with Crippen molar-refractivity contribution in [3.63, 3.8) is 0 Å². The minimum absolute atomic E-state index is 0.0667. The van der Waals surface area contributed by atoms with Gasteiger partial charge in [-0.15, -0.1) is 0 Å². The molecule has 2 rings (SSSR count). The third-order valence-corrected chi connectivity index (χ3v) is 4.37. The van der Waals surface area contributed by atoms with Gasteiger partial charge in [-0.2, -0.15) is 0 Å². The minimum atomic E-state index is -1.53. The number of hydrogen-bond acceptors (Lipinski definition) is 7. The van der Waals surface area contributed by atoms with E-state index in [0.717, 1.165) is 31.0 Å². The van der Waals surface area contributed by atoms with Crippen LogP contribution >= 0.6 is 0 Å². The molecule has 130 valence electrons. The Balaban J connectivity index is 2.22. The second-order valence-electron chi connectivity index (χ2n) is 6.11. The first-order valence-corrected chi connectivity index (χ1v) is 7.66. The topological polar surface area (TPSA) is 119 Å². The van der Waals surface area contributed by atoms with Crippen molar-refractivity contribution in [3.05, 3.63) is 33.9 Å². The van der Waals surface area contributed by atoms with Gasteiger partial charge in [-0.1, -0.05) is 13.8 Å². The summed E-state index contributed by atoms with van der Waals surface area (Å²) in [5.41, 5.74) is -1.51. The Morgan fingerprint density at radius 3 is 2.38 bits per heavy atom. The Hall–Kier alpha value is -2.64. The molecular weight excluding hydrogens is 318 g/mol. The van der Waals surface area contributed by atoms with Crippen LogP contribution in [-0.4, -0.2) is 22.6 Å². The molecule has 1 aromatic carbocycles. The van der Waals surface area contributed by atoms with E-state index in [2.05, 4.69) is 0 Å². The first kappa shape index (κ1) is 17.7. The molecule has 1 saturated carbocycles. The van der Waals surface area contributed by atoms with Gasteiger partial charge in [0.25, 0.3) is 0 Å². The number of nitro benzene ring substituents is 1. The lowest BCUT2D eigenvalue weighted by Crippen LogP contribution is -2.38. The molecule has 8 nitrogen and oxygen atoms in total. The number of ether oxygens (including phenoxy) is 2. The highest BCUT2D eigenvalue weighted by Gasteiger charge is 2.41. The van der Waals surface area contributed by atoms with Gasteiger partial charge in [0.2, 0.25) is 5.75 Å². The molecule has 8 heteroatoms. The summed E-state index contributed by atoms with van der Waals surface area (Å²) in [7, 11) is 0. The maximum atomic E-state index is 12.1. The van der Waals surface area contributed by atoms with Crippen molar-refractivity contribution in [2.75, 3.05) is 0 Å². The maximum absolute atomic E-state index is 12.1. The Morgan fingerprint density at radius 1 is 1.25 bits per heavy atom. The molecule has 0 atom stereocenters. The normalized spacial score (nSPS) is 16.0. The number of nitrogens with zero attached hydrogens (tertiary/aromatic N) is 1. The molecule has 1 fully saturated rings. The summed E-state index contributed by atoms with van der Waals surface area (Å²) in [4.78, 5) is 33.2. The fraction of sp³-hybridized carbons (Fsp3) is 0.500. The van der Waals surface area contributed by atoms with Crippen molar-refractivity contribution in [2.24, 2.45) is 5.92 Å². The molecule has 0 amide bonds. The van der Waals surface area contributed by atoms with E-state index in [-0.39, 0.29) is 11.5 Å². The van der Waals surface area contributed by atoms with Crippen LogP contribution in [0.1, 0.15) is 49.9 Å². The lowest BCUT2D eigenvalue weighted by atomic mass is 9.88. The average molecular weight is 336 g/mol. The van der Waals surface area contributed by atoms with Crippen molar-refractivity contribution in [1.82, 2.24) is 0 Å². The van der Waals surface area contributed by atoms with Crippen LogP contribution in [0.4, 0.5) is 10.5 Å². The standard InChI is InChI=1S/C16H19NO7/c1-10(2)16(7-3-4-8-16)24-15(20)23-13-9-11(14(18)19)5-6-12(13)17(21)22/h5-6,9-10H,3-4,7-8H2,1-2H3,(H,18,19)/p-1. The fourth-order valence-corrected chi connectivity index (χ4v) is 2.92. The van der Waals surface area contributed by atoms with Crippen LogP contribution in [-0.2, 0) is 4.74 Å². The third-order valence-electron chi connectivity index (χ3n) is 4.37. The summed E-state index contributed by atoms with van der Waals surface area (Å²) in [6, 6.07) is 2.84. The Bertz CT molecular complexity index is 662. The molecular formula is C16H18NO7-. The number of benzene rings is 1. The largest absolute Gasteiger partial charge is 0.545 e. The van der Waals surface area contributed by atoms with E-state index >= 15 is 0 Å². The van der Waals surface area contributed by atoms with Crippen molar-refractivity contribution >= 4 is 17.8 Å². The zero-order valence-electron chi connectivity index (χ0n) is 13.4. The first-order valence-electron chi connectivity index (χ1n) is 7.66. The Labute approximate surface area is 138 Å². The van der Waals surface area contributed by atoms with Gasteiger partial charge in [0.15, 0.2) is 0 Å². The summed E-state index contributed by atoms with van der Waals surface area (Å²) in [6.45, 7) is 3.86. The molecule has 0 unspecified atom stereocenters. The van der Waals surface area contributed by atoms with Crippen molar-refractivity contribution in [2.45, 2.75) is 45.1 Å². The molecule has 1 aliphatic carbocycles. The first-order chi connectivity index (χ1) is 11.2. The molecule has 1 aromatic rings. The highest BCUT2D eigenvalue weighted by molar-refractivity contribution is 5.87. The van der Waals surface area contributed by atoms with Gasteiger partial charge in [-0.3, -0.25) is 10.1 Å². The SMILES string of the molecule is CC(C)C1(OC(=O)Oc2cc(C(=O)[O-])ccc2[N+](=O)[O-])CCCC1. The van der Waals surface area contributed by atoms with Crippen molar-refractivity contribution < 1.29 is 29.1 Å². The lowest BCUT2D eigenvalue weighted by molar-refractivity contribution is -0.385. The maximum Gasteiger partial charge on any atom is 0.514 e. The zero-order chi connectivity index (χ0) is 17.9. The predicted molar refractivity (Wildman–Crippen MR) is 80.6 cm³/mol. The molecule has 0 aliphatic heterocycles. The van der Waals surface area contributed by atoms with Crippen LogP contribution in [0, 0.1) is 16.0 Å². The van der Waals surface area contributed by atoms with E-state index < -0.39 is 34.1 Å². The predicted octanol–water partition coefficient (Wildman–Crippen LogP) is 2.44. The zero-order valence-corrected chi connectivity index (χ0v) is 13.4. The number of carbonyl (C=O) groups excluding carboxylic acids is 2. The van der Waals surface area contributed by atoms with Gasteiger partial charge in [-0.05, 0) is 43.7 Å². The number of nitro groups is 1. The van der Waals surface area contributed by atoms with Crippen LogP contribution in [0.3, 0.4) is 0 Å². The summed E-state index contributed by atoms with van der Waals surface area (Å²) < 4.78 is 10.4. The quantitative estimate of drug-likeness (QED) is 0.350. The number of carboxylic acid groups (broad SMARTS) is 1. The van der Waals surface area contributed by atoms with Gasteiger partial charge in [0.1, 0.15) is 5.60 Å². The molecule has 1 aliphatic rings. The summed E-state index contributed by atoms with van der Waals surface area (Å²) in [5.74, 6) is -1.95. The molecule has 0 spiro atoms. The molecule has 0 aromatic heterocycles. The number of carboxylic acids is 1. The highest BCUT2D eigenvalue weighted by Crippen LogP contribution is 2.40. The smallest absolute Gasteiger partial charge is 0.514 e. The molecule has 0 N–H and O–H groups in total. The van der Waals surface area contributed by atoms with Crippen LogP contribution < -0.4 is 9.84 Å². The van der Waals surface area contributed by atoms with Gasteiger partial charge in [-0.25, -0.2) is 4.79 Å². The molecule has 0 bridgehead atoms. The molecule has 24 heavy (non-hydrogen) atoms. The summed E-state index contributed by atoms with van der Waals surface area (Å²) >= 11 is 0. The van der Waals surface area contributed by atoms with E-state index in [1.807, 2.05) is 13.8 Å². The van der Waals surface area contributed by atoms with Crippen molar-refractivity contribution in [1.29, 1.82) is 0 Å². The van der Waals surface area contributed by atoms with Gasteiger partial charge in [0, 0.05) is 11.6 Å². The average Bonchev–Trinajstić information content (AvgIpc) is 2.96. The second kappa shape index (κ2) is 6.86. The van der Waals surface area contributed by atoms with Crippen LogP contribution in [0.15, 0.2) is 18.2 Å². The molecule has 0 radical (unpaired) electrons. The Morgan fingerprint density at radius 2 is 1.88 bits per heavy atom. The molecule has 0 heterocycles. The van der Waals surface area contributed by atoms with E-state index in [0.29, 0.717) is 12.8 Å². The van der Waals surface area contributed by atoms with E-state index in [4.69, 9.17) is 9.47 Å². The van der Waals surface area contributed by atoms with Gasteiger partial charge >= 0.3 is 11.8 Å². The van der Waals surface area contributed by atoms with E-state index in [9.17, 15) is 24.8 Å². The lowest BCUT2D eigenvalue weighted by Gasteiger charge is -2.32.